The Balaban J connectivity index is 2.58. The number of rotatable bonds is 4. The molecule has 1 aromatic carbocycles. The number of alkyl halides is 1. The lowest BCUT2D eigenvalue weighted by Crippen LogP contribution is -2.15. The van der Waals surface area contributed by atoms with E-state index in [0.717, 1.165) is 23.9 Å². The van der Waals surface area contributed by atoms with Gasteiger partial charge in [-0.25, -0.2) is 8.78 Å². The number of aliphatic carboxylic acids is 1. The van der Waals surface area contributed by atoms with Crippen molar-refractivity contribution in [2.45, 2.75) is 10.3 Å². The molecule has 0 bridgehead atoms. The van der Waals surface area contributed by atoms with Gasteiger partial charge in [-0.2, -0.15) is 0 Å². The molecular formula is C9H7ClF2O2S. The van der Waals surface area contributed by atoms with Crippen LogP contribution in [0.4, 0.5) is 8.78 Å². The van der Waals surface area contributed by atoms with Gasteiger partial charge in [0.1, 0.15) is 5.38 Å². The SMILES string of the molecule is O=C(O)C(Cl)CSc1ccc(F)c(F)c1. The Labute approximate surface area is 94.2 Å². The summed E-state index contributed by atoms with van der Waals surface area (Å²) in [5.74, 6) is -2.92. The van der Waals surface area contributed by atoms with Crippen molar-refractivity contribution in [3.05, 3.63) is 29.8 Å². The molecule has 0 saturated heterocycles. The number of carboxylic acid groups (broad SMARTS) is 1. The highest BCUT2D eigenvalue weighted by Crippen LogP contribution is 2.22. The van der Waals surface area contributed by atoms with Crippen molar-refractivity contribution >= 4 is 29.3 Å². The van der Waals surface area contributed by atoms with Crippen molar-refractivity contribution in [3.8, 4) is 0 Å². The Hall–Kier alpha value is -0.810. The topological polar surface area (TPSA) is 37.3 Å². The van der Waals surface area contributed by atoms with E-state index in [-0.39, 0.29) is 5.75 Å². The van der Waals surface area contributed by atoms with E-state index in [9.17, 15) is 13.6 Å². The van der Waals surface area contributed by atoms with Gasteiger partial charge in [-0.3, -0.25) is 4.79 Å². The molecular weight excluding hydrogens is 246 g/mol. The molecule has 0 aliphatic carbocycles. The quantitative estimate of drug-likeness (QED) is 0.661. The van der Waals surface area contributed by atoms with Gasteiger partial charge >= 0.3 is 5.97 Å². The lowest BCUT2D eigenvalue weighted by atomic mass is 10.3. The predicted octanol–water partition coefficient (Wildman–Crippen LogP) is 2.75. The normalized spacial score (nSPS) is 12.5. The molecule has 1 unspecified atom stereocenters. The van der Waals surface area contributed by atoms with Crippen LogP contribution in [0.1, 0.15) is 0 Å². The van der Waals surface area contributed by atoms with E-state index in [4.69, 9.17) is 16.7 Å². The monoisotopic (exact) mass is 252 g/mol. The Morgan fingerprint density at radius 2 is 2.13 bits per heavy atom. The van der Waals surface area contributed by atoms with Crippen molar-refractivity contribution in [2.75, 3.05) is 5.75 Å². The molecule has 0 saturated carbocycles. The van der Waals surface area contributed by atoms with Crippen molar-refractivity contribution in [3.63, 3.8) is 0 Å². The second kappa shape index (κ2) is 5.32. The smallest absolute Gasteiger partial charge is 0.322 e. The summed E-state index contributed by atoms with van der Waals surface area (Å²) >= 11 is 6.51. The molecule has 0 aliphatic heterocycles. The predicted molar refractivity (Wildman–Crippen MR) is 54.4 cm³/mol. The van der Waals surface area contributed by atoms with E-state index in [1.165, 1.54) is 6.07 Å². The molecule has 0 aliphatic rings. The van der Waals surface area contributed by atoms with E-state index in [2.05, 4.69) is 0 Å². The third-order valence-electron chi connectivity index (χ3n) is 1.56. The highest BCUT2D eigenvalue weighted by atomic mass is 35.5. The molecule has 82 valence electrons. The molecule has 0 fully saturated rings. The van der Waals surface area contributed by atoms with Crippen molar-refractivity contribution in [1.82, 2.24) is 0 Å². The van der Waals surface area contributed by atoms with Gasteiger partial charge in [0, 0.05) is 10.6 Å². The van der Waals surface area contributed by atoms with Crippen LogP contribution in [0, 0.1) is 11.6 Å². The third-order valence-corrected chi connectivity index (χ3v) is 3.17. The number of carbonyl (C=O) groups is 1. The summed E-state index contributed by atoms with van der Waals surface area (Å²) in [7, 11) is 0. The summed E-state index contributed by atoms with van der Waals surface area (Å²) in [4.78, 5) is 10.8. The summed E-state index contributed by atoms with van der Waals surface area (Å²) in [5.41, 5.74) is 0. The van der Waals surface area contributed by atoms with E-state index in [1.807, 2.05) is 0 Å². The minimum Gasteiger partial charge on any atom is -0.480 e. The summed E-state index contributed by atoms with van der Waals surface area (Å²) in [6, 6.07) is 3.36. The summed E-state index contributed by atoms with van der Waals surface area (Å²) < 4.78 is 25.2. The Kier molecular flexibility index (Phi) is 4.35. The fourth-order valence-corrected chi connectivity index (χ4v) is 1.83. The van der Waals surface area contributed by atoms with Gasteiger partial charge in [0.05, 0.1) is 0 Å². The van der Waals surface area contributed by atoms with E-state index in [1.54, 1.807) is 0 Å². The van der Waals surface area contributed by atoms with E-state index in [0.29, 0.717) is 4.90 Å². The van der Waals surface area contributed by atoms with Crippen molar-refractivity contribution in [1.29, 1.82) is 0 Å². The summed E-state index contributed by atoms with van der Waals surface area (Å²) in [5, 5.41) is 7.44. The fourth-order valence-electron chi connectivity index (χ4n) is 0.807. The van der Waals surface area contributed by atoms with Crippen molar-refractivity contribution < 1.29 is 18.7 Å². The Morgan fingerprint density at radius 3 is 2.67 bits per heavy atom. The van der Waals surface area contributed by atoms with Crippen LogP contribution in [0.25, 0.3) is 0 Å². The first-order valence-corrected chi connectivity index (χ1v) is 5.37. The molecule has 1 atom stereocenters. The van der Waals surface area contributed by atoms with Crippen molar-refractivity contribution in [2.24, 2.45) is 0 Å². The molecule has 2 nitrogen and oxygen atoms in total. The molecule has 0 radical (unpaired) electrons. The molecule has 1 N–H and O–H groups in total. The van der Waals surface area contributed by atoms with Crippen LogP contribution in [0.3, 0.4) is 0 Å². The highest BCUT2D eigenvalue weighted by Gasteiger charge is 2.14. The molecule has 0 amide bonds. The second-order valence-corrected chi connectivity index (χ2v) is 4.31. The van der Waals surface area contributed by atoms with Gasteiger partial charge < -0.3 is 5.11 Å². The molecule has 0 heterocycles. The second-order valence-electron chi connectivity index (χ2n) is 2.69. The van der Waals surface area contributed by atoms with Crippen LogP contribution < -0.4 is 0 Å². The standard InChI is InChI=1S/C9H7ClF2O2S/c10-6(9(13)14)4-15-5-1-2-7(11)8(12)3-5/h1-3,6H,4H2,(H,13,14). The maximum atomic E-state index is 12.7. The van der Waals surface area contributed by atoms with Crippen LogP contribution >= 0.6 is 23.4 Å². The molecule has 0 spiro atoms. The summed E-state index contributed by atoms with van der Waals surface area (Å²) in [6.07, 6.45) is 0. The Morgan fingerprint density at radius 1 is 1.47 bits per heavy atom. The number of halogens is 3. The van der Waals surface area contributed by atoms with Crippen LogP contribution in [0.15, 0.2) is 23.1 Å². The lowest BCUT2D eigenvalue weighted by molar-refractivity contribution is -0.136. The molecule has 1 aromatic rings. The van der Waals surface area contributed by atoms with Gasteiger partial charge in [0.15, 0.2) is 11.6 Å². The maximum Gasteiger partial charge on any atom is 0.322 e. The molecule has 15 heavy (non-hydrogen) atoms. The fraction of sp³-hybridized carbons (Fsp3) is 0.222. The third kappa shape index (κ3) is 3.68. The van der Waals surface area contributed by atoms with E-state index < -0.39 is 23.0 Å². The zero-order valence-electron chi connectivity index (χ0n) is 7.41. The van der Waals surface area contributed by atoms with Crippen LogP contribution in [0.2, 0.25) is 0 Å². The van der Waals surface area contributed by atoms with Gasteiger partial charge in [0.25, 0.3) is 0 Å². The first kappa shape index (κ1) is 12.3. The minimum absolute atomic E-state index is 0.0992. The largest absolute Gasteiger partial charge is 0.480 e. The number of benzene rings is 1. The van der Waals surface area contributed by atoms with Gasteiger partial charge in [-0.1, -0.05) is 0 Å². The zero-order chi connectivity index (χ0) is 11.4. The average molecular weight is 253 g/mol. The maximum absolute atomic E-state index is 12.7. The molecule has 6 heteroatoms. The van der Waals surface area contributed by atoms with Crippen LogP contribution in [-0.2, 0) is 4.79 Å². The van der Waals surface area contributed by atoms with Crippen LogP contribution in [0.5, 0.6) is 0 Å². The van der Waals surface area contributed by atoms with Gasteiger partial charge in [0.2, 0.25) is 0 Å². The molecule has 1 rings (SSSR count). The number of hydrogen-bond acceptors (Lipinski definition) is 2. The number of thioether (sulfide) groups is 1. The number of hydrogen-bond donors (Lipinski definition) is 1. The Bertz CT molecular complexity index is 373. The average Bonchev–Trinajstić information content (AvgIpc) is 2.19. The minimum atomic E-state index is -1.13. The van der Waals surface area contributed by atoms with Gasteiger partial charge in [-0.05, 0) is 18.2 Å². The summed E-state index contributed by atoms with van der Waals surface area (Å²) in [6.45, 7) is 0. The molecule has 0 aromatic heterocycles. The van der Waals surface area contributed by atoms with Crippen LogP contribution in [-0.4, -0.2) is 22.2 Å². The van der Waals surface area contributed by atoms with Gasteiger partial charge in [-0.15, -0.1) is 23.4 Å². The zero-order valence-corrected chi connectivity index (χ0v) is 8.99. The lowest BCUT2D eigenvalue weighted by Gasteiger charge is -2.04. The highest BCUT2D eigenvalue weighted by molar-refractivity contribution is 7.99. The van der Waals surface area contributed by atoms with E-state index >= 15 is 0 Å². The first-order valence-electron chi connectivity index (χ1n) is 3.95. The number of carboxylic acids is 1. The first-order chi connectivity index (χ1) is 7.00.